The van der Waals surface area contributed by atoms with Crippen LogP contribution in [0.2, 0.25) is 0 Å². The van der Waals surface area contributed by atoms with Crippen LogP contribution in [-0.4, -0.2) is 15.9 Å². The number of hydrazine groups is 1. The second-order valence-electron chi connectivity index (χ2n) is 2.00. The molecule has 7 nitrogen and oxygen atoms in total. The second-order valence-corrected chi connectivity index (χ2v) is 2.00. The molecule has 0 bridgehead atoms. The molecule has 1 amide bonds. The lowest BCUT2D eigenvalue weighted by Gasteiger charge is -2.01. The molecule has 0 atom stereocenters. The number of aromatic nitrogens is 2. The summed E-state index contributed by atoms with van der Waals surface area (Å²) < 4.78 is 0. The monoisotopic (exact) mass is 168 g/mol. The van der Waals surface area contributed by atoms with Crippen LogP contribution in [0.1, 0.15) is 10.4 Å². The highest BCUT2D eigenvalue weighted by atomic mass is 16.1. The molecule has 1 aromatic rings. The van der Waals surface area contributed by atoms with E-state index < -0.39 is 5.91 Å². The molecule has 0 aliphatic rings. The fraction of sp³-hybridized carbons (Fsp3) is 0. The number of anilines is 2. The van der Waals surface area contributed by atoms with Crippen LogP contribution in [0.3, 0.4) is 0 Å². The van der Waals surface area contributed by atoms with Crippen molar-refractivity contribution in [3.63, 3.8) is 0 Å². The Hall–Kier alpha value is -1.89. The summed E-state index contributed by atoms with van der Waals surface area (Å²) >= 11 is 0. The number of hydrogen-bond donors (Lipinski definition) is 4. The summed E-state index contributed by atoms with van der Waals surface area (Å²) in [5.41, 5.74) is 12.6. The van der Waals surface area contributed by atoms with E-state index in [1.807, 2.05) is 0 Å². The average Bonchev–Trinajstić information content (AvgIpc) is 2.03. The van der Waals surface area contributed by atoms with E-state index in [1.54, 1.807) is 0 Å². The maximum atomic E-state index is 10.6. The number of rotatable bonds is 2. The van der Waals surface area contributed by atoms with Crippen LogP contribution in [0.25, 0.3) is 0 Å². The predicted molar refractivity (Wildman–Crippen MR) is 42.8 cm³/mol. The Morgan fingerprint density at radius 3 is 2.67 bits per heavy atom. The Kier molecular flexibility index (Phi) is 2.06. The van der Waals surface area contributed by atoms with Gasteiger partial charge in [0, 0.05) is 6.20 Å². The van der Waals surface area contributed by atoms with E-state index in [4.69, 9.17) is 17.3 Å². The lowest BCUT2D eigenvalue weighted by atomic mass is 10.3. The SMILES string of the molecule is NNc1ncc(C(N)=O)c(N)n1. The maximum absolute atomic E-state index is 10.6. The van der Waals surface area contributed by atoms with Crippen LogP contribution in [0.5, 0.6) is 0 Å². The number of nitrogens with zero attached hydrogens (tertiary/aromatic N) is 2. The van der Waals surface area contributed by atoms with Crippen molar-refractivity contribution in [2.24, 2.45) is 11.6 Å². The van der Waals surface area contributed by atoms with E-state index in [1.165, 1.54) is 6.20 Å². The highest BCUT2D eigenvalue weighted by Crippen LogP contribution is 2.07. The number of hydrogen-bond acceptors (Lipinski definition) is 6. The van der Waals surface area contributed by atoms with Crippen LogP contribution in [0, 0.1) is 0 Å². The van der Waals surface area contributed by atoms with Gasteiger partial charge in [0.15, 0.2) is 0 Å². The van der Waals surface area contributed by atoms with Crippen molar-refractivity contribution < 1.29 is 4.79 Å². The predicted octanol–water partition coefficient (Wildman–Crippen LogP) is -1.56. The normalized spacial score (nSPS) is 9.42. The van der Waals surface area contributed by atoms with E-state index >= 15 is 0 Å². The molecular formula is C5H8N6O. The molecule has 7 N–H and O–H groups in total. The van der Waals surface area contributed by atoms with E-state index in [-0.39, 0.29) is 17.3 Å². The van der Waals surface area contributed by atoms with E-state index in [0.717, 1.165) is 0 Å². The lowest BCUT2D eigenvalue weighted by Crippen LogP contribution is -2.17. The fourth-order valence-corrected chi connectivity index (χ4v) is 0.654. The third-order valence-corrected chi connectivity index (χ3v) is 1.21. The third-order valence-electron chi connectivity index (χ3n) is 1.21. The minimum Gasteiger partial charge on any atom is -0.383 e. The molecule has 1 rings (SSSR count). The van der Waals surface area contributed by atoms with Gasteiger partial charge in [0.25, 0.3) is 5.91 Å². The molecule has 0 aliphatic carbocycles. The Balaban J connectivity index is 3.12. The van der Waals surface area contributed by atoms with Gasteiger partial charge in [-0.3, -0.25) is 10.2 Å². The summed E-state index contributed by atoms with van der Waals surface area (Å²) in [5.74, 6) is 4.47. The molecule has 64 valence electrons. The summed E-state index contributed by atoms with van der Waals surface area (Å²) in [6.45, 7) is 0. The largest absolute Gasteiger partial charge is 0.383 e. The smallest absolute Gasteiger partial charge is 0.254 e. The van der Waals surface area contributed by atoms with E-state index in [9.17, 15) is 4.79 Å². The first-order valence-electron chi connectivity index (χ1n) is 3.04. The minimum absolute atomic E-state index is 0.00505. The maximum Gasteiger partial charge on any atom is 0.254 e. The van der Waals surface area contributed by atoms with Crippen molar-refractivity contribution in [2.75, 3.05) is 11.2 Å². The third kappa shape index (κ3) is 1.40. The van der Waals surface area contributed by atoms with Gasteiger partial charge in [-0.15, -0.1) is 0 Å². The first-order chi connectivity index (χ1) is 5.65. The molecule has 0 saturated heterocycles. The zero-order valence-corrected chi connectivity index (χ0v) is 6.11. The number of carbonyl (C=O) groups is 1. The van der Waals surface area contributed by atoms with Gasteiger partial charge in [0.1, 0.15) is 5.82 Å². The highest BCUT2D eigenvalue weighted by molar-refractivity contribution is 5.96. The van der Waals surface area contributed by atoms with Gasteiger partial charge < -0.3 is 11.5 Å². The van der Waals surface area contributed by atoms with E-state index in [2.05, 4.69) is 15.4 Å². The molecule has 0 radical (unpaired) electrons. The molecule has 0 spiro atoms. The van der Waals surface area contributed by atoms with Crippen molar-refractivity contribution >= 4 is 17.7 Å². The molecule has 0 aromatic carbocycles. The number of nitrogens with one attached hydrogen (secondary N) is 1. The number of nitrogen functional groups attached to an aromatic ring is 2. The van der Waals surface area contributed by atoms with Gasteiger partial charge in [-0.1, -0.05) is 0 Å². The highest BCUT2D eigenvalue weighted by Gasteiger charge is 2.07. The van der Waals surface area contributed by atoms with Gasteiger partial charge in [-0.2, -0.15) is 4.98 Å². The van der Waals surface area contributed by atoms with Crippen LogP contribution in [0.15, 0.2) is 6.20 Å². The van der Waals surface area contributed by atoms with Gasteiger partial charge in [-0.05, 0) is 0 Å². The van der Waals surface area contributed by atoms with Gasteiger partial charge in [-0.25, -0.2) is 10.8 Å². The van der Waals surface area contributed by atoms with Gasteiger partial charge in [0.05, 0.1) is 5.56 Å². The lowest BCUT2D eigenvalue weighted by molar-refractivity contribution is 0.100. The Labute approximate surface area is 67.9 Å². The summed E-state index contributed by atoms with van der Waals surface area (Å²) in [7, 11) is 0. The topological polar surface area (TPSA) is 133 Å². The summed E-state index contributed by atoms with van der Waals surface area (Å²) in [6, 6.07) is 0. The number of amides is 1. The summed E-state index contributed by atoms with van der Waals surface area (Å²) in [4.78, 5) is 17.9. The Morgan fingerprint density at radius 1 is 1.58 bits per heavy atom. The summed E-state index contributed by atoms with van der Waals surface area (Å²) in [6.07, 6.45) is 1.21. The summed E-state index contributed by atoms with van der Waals surface area (Å²) in [5, 5.41) is 0. The van der Waals surface area contributed by atoms with Crippen molar-refractivity contribution in [2.45, 2.75) is 0 Å². The molecular weight excluding hydrogens is 160 g/mol. The van der Waals surface area contributed by atoms with Crippen molar-refractivity contribution in [1.82, 2.24) is 9.97 Å². The second kappa shape index (κ2) is 3.01. The van der Waals surface area contributed by atoms with Crippen LogP contribution < -0.4 is 22.7 Å². The van der Waals surface area contributed by atoms with E-state index in [0.29, 0.717) is 0 Å². The quantitative estimate of drug-likeness (QED) is 0.312. The fourth-order valence-electron chi connectivity index (χ4n) is 0.654. The molecule has 7 heteroatoms. The molecule has 0 fully saturated rings. The Bertz CT molecular complexity index is 311. The van der Waals surface area contributed by atoms with Gasteiger partial charge in [0.2, 0.25) is 5.95 Å². The van der Waals surface area contributed by atoms with Crippen molar-refractivity contribution in [3.05, 3.63) is 11.8 Å². The van der Waals surface area contributed by atoms with Crippen molar-refractivity contribution in [3.8, 4) is 0 Å². The number of primary amides is 1. The molecule has 0 unspecified atom stereocenters. The van der Waals surface area contributed by atoms with Crippen molar-refractivity contribution in [1.29, 1.82) is 0 Å². The number of carbonyl (C=O) groups excluding carboxylic acids is 1. The van der Waals surface area contributed by atoms with Crippen LogP contribution in [0.4, 0.5) is 11.8 Å². The first-order valence-corrected chi connectivity index (χ1v) is 3.04. The zero-order chi connectivity index (χ0) is 9.14. The Morgan fingerprint density at radius 2 is 2.25 bits per heavy atom. The molecule has 1 aromatic heterocycles. The van der Waals surface area contributed by atoms with Crippen LogP contribution in [-0.2, 0) is 0 Å². The standard InChI is InChI=1S/C5H8N6O/c6-3-2(4(7)12)1-9-5(10-3)11-8/h1H,8H2,(H2,7,12)(H3,6,9,10,11). The van der Waals surface area contributed by atoms with Gasteiger partial charge >= 0.3 is 0 Å². The average molecular weight is 168 g/mol. The molecule has 12 heavy (non-hydrogen) atoms. The molecule has 0 saturated carbocycles. The zero-order valence-electron chi connectivity index (χ0n) is 6.11. The first kappa shape index (κ1) is 8.21. The minimum atomic E-state index is -0.670. The number of nitrogens with two attached hydrogens (primary N) is 3. The molecule has 0 aliphatic heterocycles. The van der Waals surface area contributed by atoms with Crippen LogP contribution >= 0.6 is 0 Å². The molecule has 1 heterocycles.